The Morgan fingerprint density at radius 2 is 1.30 bits per heavy atom. The van der Waals surface area contributed by atoms with Crippen LogP contribution in [0.4, 0.5) is 11.4 Å². The molecule has 0 aliphatic heterocycles. The molecule has 0 spiro atoms. The summed E-state index contributed by atoms with van der Waals surface area (Å²) in [6.07, 6.45) is 3.09. The first-order valence-electron chi connectivity index (χ1n) is 10.2. The van der Waals surface area contributed by atoms with Gasteiger partial charge in [0.15, 0.2) is 0 Å². The third-order valence-electron chi connectivity index (χ3n) is 5.22. The van der Waals surface area contributed by atoms with Gasteiger partial charge in [0.05, 0.1) is 5.56 Å². The van der Waals surface area contributed by atoms with E-state index in [1.807, 2.05) is 50.2 Å². The van der Waals surface area contributed by atoms with Crippen LogP contribution in [0.3, 0.4) is 0 Å². The Morgan fingerprint density at radius 1 is 0.767 bits per heavy atom. The highest BCUT2D eigenvalue weighted by Crippen LogP contribution is 2.23. The van der Waals surface area contributed by atoms with E-state index in [-0.39, 0.29) is 17.5 Å². The lowest BCUT2D eigenvalue weighted by Crippen LogP contribution is -2.18. The third kappa shape index (κ3) is 4.57. The highest BCUT2D eigenvalue weighted by molar-refractivity contribution is 6.06. The zero-order chi connectivity index (χ0) is 21.7. The Morgan fingerprint density at radius 3 is 1.77 bits per heavy atom. The average molecular weight is 402 g/mol. The van der Waals surface area contributed by atoms with Crippen molar-refractivity contribution in [2.45, 2.75) is 40.5 Å². The summed E-state index contributed by atoms with van der Waals surface area (Å²) in [6.45, 7) is 8.04. The Balaban J connectivity index is 1.75. The van der Waals surface area contributed by atoms with E-state index in [0.717, 1.165) is 46.5 Å². The summed E-state index contributed by atoms with van der Waals surface area (Å²) in [4.78, 5) is 29.6. The summed E-state index contributed by atoms with van der Waals surface area (Å²) in [5.41, 5.74) is 6.49. The molecule has 0 fully saturated rings. The third-order valence-corrected chi connectivity index (χ3v) is 5.22. The fraction of sp³-hybridized carbons (Fsp3) is 0.240. The molecule has 1 aromatic heterocycles. The van der Waals surface area contributed by atoms with Gasteiger partial charge in [0, 0.05) is 17.6 Å². The molecule has 0 saturated heterocycles. The van der Waals surface area contributed by atoms with Gasteiger partial charge in [-0.1, -0.05) is 50.2 Å². The van der Waals surface area contributed by atoms with Crippen molar-refractivity contribution in [1.82, 2.24) is 4.98 Å². The van der Waals surface area contributed by atoms with Crippen LogP contribution in [0.2, 0.25) is 0 Å². The molecule has 5 heteroatoms. The highest BCUT2D eigenvalue weighted by atomic mass is 16.2. The number of nitrogens with zero attached hydrogens (tertiary/aromatic N) is 1. The lowest BCUT2D eigenvalue weighted by Gasteiger charge is -2.14. The number of amides is 2. The van der Waals surface area contributed by atoms with Crippen LogP contribution in [-0.2, 0) is 12.8 Å². The Hall–Kier alpha value is -3.47. The number of para-hydroxylation sites is 2. The van der Waals surface area contributed by atoms with Crippen LogP contribution in [0.5, 0.6) is 0 Å². The molecule has 154 valence electrons. The second-order valence-corrected chi connectivity index (χ2v) is 7.27. The monoisotopic (exact) mass is 401 g/mol. The maximum atomic E-state index is 12.7. The highest BCUT2D eigenvalue weighted by Gasteiger charge is 2.15. The van der Waals surface area contributed by atoms with Gasteiger partial charge in [0.2, 0.25) is 0 Å². The molecule has 1 heterocycles. The molecule has 0 atom stereocenters. The van der Waals surface area contributed by atoms with Gasteiger partial charge in [-0.2, -0.15) is 0 Å². The second kappa shape index (κ2) is 9.35. The van der Waals surface area contributed by atoms with Crippen molar-refractivity contribution in [2.24, 2.45) is 0 Å². The van der Waals surface area contributed by atoms with E-state index < -0.39 is 0 Å². The number of rotatable bonds is 6. The number of aryl methyl sites for hydroxylation is 4. The number of aromatic nitrogens is 1. The number of benzene rings is 2. The molecule has 3 rings (SSSR count). The van der Waals surface area contributed by atoms with E-state index in [4.69, 9.17) is 0 Å². The van der Waals surface area contributed by atoms with Crippen molar-refractivity contribution in [3.8, 4) is 0 Å². The SMILES string of the molecule is CCc1cccc(C)c1NC(=O)c1ccc(C(=O)Nc2c(C)cccc2CC)nc1. The largest absolute Gasteiger partial charge is 0.321 e. The van der Waals surface area contributed by atoms with Crippen LogP contribution in [0.1, 0.15) is 56.9 Å². The molecule has 0 aliphatic rings. The molecule has 0 aliphatic carbocycles. The van der Waals surface area contributed by atoms with E-state index in [1.165, 1.54) is 6.20 Å². The van der Waals surface area contributed by atoms with Gasteiger partial charge in [-0.05, 0) is 61.1 Å². The van der Waals surface area contributed by atoms with E-state index in [1.54, 1.807) is 12.1 Å². The van der Waals surface area contributed by atoms with Gasteiger partial charge >= 0.3 is 0 Å². The lowest BCUT2D eigenvalue weighted by molar-refractivity contribution is 0.101. The summed E-state index contributed by atoms with van der Waals surface area (Å²) < 4.78 is 0. The number of nitrogens with one attached hydrogen (secondary N) is 2. The van der Waals surface area contributed by atoms with Crippen molar-refractivity contribution >= 4 is 23.2 Å². The van der Waals surface area contributed by atoms with Crippen LogP contribution in [0.15, 0.2) is 54.7 Å². The van der Waals surface area contributed by atoms with Crippen molar-refractivity contribution in [1.29, 1.82) is 0 Å². The molecule has 0 unspecified atom stereocenters. The maximum absolute atomic E-state index is 12.7. The minimum Gasteiger partial charge on any atom is -0.321 e. The van der Waals surface area contributed by atoms with Crippen LogP contribution in [0, 0.1) is 13.8 Å². The molecule has 2 aromatic carbocycles. The van der Waals surface area contributed by atoms with Crippen LogP contribution >= 0.6 is 0 Å². The summed E-state index contributed by atoms with van der Waals surface area (Å²) in [5.74, 6) is -0.538. The fourth-order valence-corrected chi connectivity index (χ4v) is 3.43. The normalized spacial score (nSPS) is 10.5. The number of carbonyl (C=O) groups is 2. The first-order valence-corrected chi connectivity index (χ1v) is 10.2. The van der Waals surface area contributed by atoms with Crippen molar-refractivity contribution < 1.29 is 9.59 Å². The van der Waals surface area contributed by atoms with Gasteiger partial charge in [0.25, 0.3) is 11.8 Å². The maximum Gasteiger partial charge on any atom is 0.274 e. The smallest absolute Gasteiger partial charge is 0.274 e. The quantitative estimate of drug-likeness (QED) is 0.587. The molecular formula is C25H27N3O2. The summed E-state index contributed by atoms with van der Waals surface area (Å²) >= 11 is 0. The molecule has 5 nitrogen and oxygen atoms in total. The number of hydrogen-bond donors (Lipinski definition) is 2. The minimum atomic E-state index is -0.293. The zero-order valence-electron chi connectivity index (χ0n) is 17.9. The lowest BCUT2D eigenvalue weighted by atomic mass is 10.1. The molecule has 0 saturated carbocycles. The van der Waals surface area contributed by atoms with Gasteiger partial charge in [-0.25, -0.2) is 0 Å². The van der Waals surface area contributed by atoms with Crippen LogP contribution in [0.25, 0.3) is 0 Å². The number of anilines is 2. The van der Waals surface area contributed by atoms with Crippen molar-refractivity contribution in [3.63, 3.8) is 0 Å². The molecular weight excluding hydrogens is 374 g/mol. The Bertz CT molecular complexity index is 986. The summed E-state index contributed by atoms with van der Waals surface area (Å²) in [7, 11) is 0. The molecule has 0 bridgehead atoms. The van der Waals surface area contributed by atoms with Gasteiger partial charge in [-0.3, -0.25) is 14.6 Å². The van der Waals surface area contributed by atoms with E-state index >= 15 is 0 Å². The first-order chi connectivity index (χ1) is 14.4. The van der Waals surface area contributed by atoms with Crippen LogP contribution < -0.4 is 10.6 Å². The first kappa shape index (κ1) is 21.2. The molecule has 2 amide bonds. The van der Waals surface area contributed by atoms with Gasteiger partial charge in [-0.15, -0.1) is 0 Å². The number of carbonyl (C=O) groups excluding carboxylic acids is 2. The average Bonchev–Trinajstić information content (AvgIpc) is 2.76. The standard InChI is InChI=1S/C25H27N3O2/c1-5-18-11-7-9-16(3)22(18)27-24(29)20-13-14-21(26-15-20)25(30)28-23-17(4)10-8-12-19(23)6-2/h7-15H,5-6H2,1-4H3,(H,27,29)(H,28,30). The Kier molecular flexibility index (Phi) is 6.62. The van der Waals surface area contributed by atoms with E-state index in [0.29, 0.717) is 5.56 Å². The molecule has 0 radical (unpaired) electrons. The van der Waals surface area contributed by atoms with Crippen molar-refractivity contribution in [2.75, 3.05) is 10.6 Å². The van der Waals surface area contributed by atoms with Crippen LogP contribution in [-0.4, -0.2) is 16.8 Å². The molecule has 2 N–H and O–H groups in total. The van der Waals surface area contributed by atoms with Gasteiger partial charge < -0.3 is 10.6 Å². The Labute approximate surface area is 177 Å². The second-order valence-electron chi connectivity index (χ2n) is 7.27. The molecule has 3 aromatic rings. The van der Waals surface area contributed by atoms with Gasteiger partial charge in [0.1, 0.15) is 5.69 Å². The van der Waals surface area contributed by atoms with Crippen molar-refractivity contribution in [3.05, 3.63) is 88.2 Å². The predicted octanol–water partition coefficient (Wildman–Crippen LogP) is 5.33. The van der Waals surface area contributed by atoms with E-state index in [2.05, 4.69) is 29.5 Å². The fourth-order valence-electron chi connectivity index (χ4n) is 3.43. The topological polar surface area (TPSA) is 71.1 Å². The number of hydrogen-bond acceptors (Lipinski definition) is 3. The zero-order valence-corrected chi connectivity index (χ0v) is 17.9. The minimum absolute atomic E-state index is 0.245. The summed E-state index contributed by atoms with van der Waals surface area (Å²) in [6, 6.07) is 15.1. The number of pyridine rings is 1. The summed E-state index contributed by atoms with van der Waals surface area (Å²) in [5, 5.41) is 5.93. The molecule has 30 heavy (non-hydrogen) atoms. The predicted molar refractivity (Wildman–Crippen MR) is 121 cm³/mol. The van der Waals surface area contributed by atoms with E-state index in [9.17, 15) is 9.59 Å².